The molecule has 1 fully saturated rings. The molecule has 2 rings (SSSR count). The predicted molar refractivity (Wildman–Crippen MR) is 66.4 cm³/mol. The Bertz CT molecular complexity index is 368. The van der Waals surface area contributed by atoms with E-state index in [1.165, 1.54) is 16.7 Å². The van der Waals surface area contributed by atoms with Crippen LogP contribution in [0.15, 0.2) is 18.2 Å². The Morgan fingerprint density at radius 3 is 2.44 bits per heavy atom. The lowest BCUT2D eigenvalue weighted by Gasteiger charge is -2.23. The standard InChI is InChI=1S/C14H21NO/c1-10-5-11(2)7-12(6-10)8-14(16)4-3-13(15)9-14/h5-7,13,16H,3-4,8-9,15H2,1-2H3. The normalized spacial score (nSPS) is 29.6. The molecule has 0 aliphatic heterocycles. The van der Waals surface area contributed by atoms with Crippen LogP contribution < -0.4 is 5.73 Å². The monoisotopic (exact) mass is 219 g/mol. The highest BCUT2D eigenvalue weighted by Gasteiger charge is 2.35. The van der Waals surface area contributed by atoms with Crippen molar-refractivity contribution in [2.24, 2.45) is 5.73 Å². The van der Waals surface area contributed by atoms with E-state index in [-0.39, 0.29) is 6.04 Å². The maximum absolute atomic E-state index is 10.4. The maximum atomic E-state index is 10.4. The van der Waals surface area contributed by atoms with E-state index < -0.39 is 5.60 Å². The molecule has 0 amide bonds. The van der Waals surface area contributed by atoms with Gasteiger partial charge in [0.05, 0.1) is 5.60 Å². The van der Waals surface area contributed by atoms with E-state index in [0.717, 1.165) is 25.7 Å². The van der Waals surface area contributed by atoms with Gasteiger partial charge in [-0.05, 0) is 38.7 Å². The van der Waals surface area contributed by atoms with Crippen molar-refractivity contribution < 1.29 is 5.11 Å². The molecule has 0 aromatic heterocycles. The summed E-state index contributed by atoms with van der Waals surface area (Å²) in [4.78, 5) is 0. The van der Waals surface area contributed by atoms with Crippen molar-refractivity contribution in [2.45, 2.75) is 51.2 Å². The molecule has 88 valence electrons. The Kier molecular flexibility index (Phi) is 3.04. The Morgan fingerprint density at radius 1 is 1.31 bits per heavy atom. The van der Waals surface area contributed by atoms with Gasteiger partial charge in [-0.1, -0.05) is 29.3 Å². The number of aryl methyl sites for hydroxylation is 2. The van der Waals surface area contributed by atoms with Gasteiger partial charge in [0, 0.05) is 12.5 Å². The third kappa shape index (κ3) is 2.63. The van der Waals surface area contributed by atoms with Crippen molar-refractivity contribution in [2.75, 3.05) is 0 Å². The molecule has 0 heterocycles. The van der Waals surface area contributed by atoms with Crippen molar-refractivity contribution in [3.05, 3.63) is 34.9 Å². The van der Waals surface area contributed by atoms with Gasteiger partial charge < -0.3 is 10.8 Å². The molecule has 0 spiro atoms. The molecular formula is C14H21NO. The van der Waals surface area contributed by atoms with Gasteiger partial charge in [-0.25, -0.2) is 0 Å². The van der Waals surface area contributed by atoms with Crippen molar-refractivity contribution >= 4 is 0 Å². The van der Waals surface area contributed by atoms with E-state index in [9.17, 15) is 5.11 Å². The summed E-state index contributed by atoms with van der Waals surface area (Å²) in [6.45, 7) is 4.20. The lowest BCUT2D eigenvalue weighted by Crippen LogP contribution is -2.30. The molecule has 2 atom stereocenters. The average Bonchev–Trinajstić information content (AvgIpc) is 2.43. The summed E-state index contributed by atoms with van der Waals surface area (Å²) in [5.41, 5.74) is 9.05. The largest absolute Gasteiger partial charge is 0.389 e. The van der Waals surface area contributed by atoms with E-state index in [4.69, 9.17) is 5.73 Å². The fourth-order valence-corrected chi connectivity index (χ4v) is 2.86. The van der Waals surface area contributed by atoms with Crippen LogP contribution in [0.1, 0.15) is 36.0 Å². The summed E-state index contributed by atoms with van der Waals surface area (Å²) in [6, 6.07) is 6.66. The lowest BCUT2D eigenvalue weighted by atomic mass is 9.91. The zero-order valence-corrected chi connectivity index (χ0v) is 10.2. The lowest BCUT2D eigenvalue weighted by molar-refractivity contribution is 0.0468. The molecular weight excluding hydrogens is 198 g/mol. The third-order valence-electron chi connectivity index (χ3n) is 3.44. The van der Waals surface area contributed by atoms with Crippen LogP contribution in [-0.4, -0.2) is 16.7 Å². The van der Waals surface area contributed by atoms with Crippen molar-refractivity contribution in [1.82, 2.24) is 0 Å². The minimum atomic E-state index is -0.570. The predicted octanol–water partition coefficient (Wildman–Crippen LogP) is 2.09. The van der Waals surface area contributed by atoms with Gasteiger partial charge in [0.25, 0.3) is 0 Å². The van der Waals surface area contributed by atoms with Gasteiger partial charge in [0.1, 0.15) is 0 Å². The highest BCUT2D eigenvalue weighted by Crippen LogP contribution is 2.32. The molecule has 1 aromatic carbocycles. The fraction of sp³-hybridized carbons (Fsp3) is 0.571. The second-order valence-electron chi connectivity index (χ2n) is 5.40. The zero-order valence-electron chi connectivity index (χ0n) is 10.2. The topological polar surface area (TPSA) is 46.2 Å². The average molecular weight is 219 g/mol. The minimum absolute atomic E-state index is 0.177. The molecule has 2 heteroatoms. The van der Waals surface area contributed by atoms with Crippen LogP contribution in [-0.2, 0) is 6.42 Å². The Balaban J connectivity index is 2.14. The van der Waals surface area contributed by atoms with E-state index in [2.05, 4.69) is 32.0 Å². The summed E-state index contributed by atoms with van der Waals surface area (Å²) < 4.78 is 0. The maximum Gasteiger partial charge on any atom is 0.0703 e. The van der Waals surface area contributed by atoms with Crippen molar-refractivity contribution in [1.29, 1.82) is 0 Å². The van der Waals surface area contributed by atoms with Crippen molar-refractivity contribution in [3.8, 4) is 0 Å². The van der Waals surface area contributed by atoms with Crippen LogP contribution in [0, 0.1) is 13.8 Å². The zero-order chi connectivity index (χ0) is 11.8. The number of hydrogen-bond donors (Lipinski definition) is 2. The number of benzene rings is 1. The minimum Gasteiger partial charge on any atom is -0.389 e. The SMILES string of the molecule is Cc1cc(C)cc(CC2(O)CCC(N)C2)c1. The molecule has 0 bridgehead atoms. The molecule has 0 saturated heterocycles. The van der Waals surface area contributed by atoms with E-state index in [1.54, 1.807) is 0 Å². The van der Waals surface area contributed by atoms with Gasteiger partial charge in [-0.2, -0.15) is 0 Å². The molecule has 1 aliphatic rings. The van der Waals surface area contributed by atoms with Gasteiger partial charge in [0.2, 0.25) is 0 Å². The van der Waals surface area contributed by atoms with Gasteiger partial charge in [-0.3, -0.25) is 0 Å². The van der Waals surface area contributed by atoms with Crippen LogP contribution in [0.25, 0.3) is 0 Å². The Hall–Kier alpha value is -0.860. The van der Waals surface area contributed by atoms with Crippen LogP contribution in [0.2, 0.25) is 0 Å². The first-order valence-electron chi connectivity index (χ1n) is 6.02. The fourth-order valence-electron chi connectivity index (χ4n) is 2.86. The summed E-state index contributed by atoms with van der Waals surface area (Å²) in [5, 5.41) is 10.4. The van der Waals surface area contributed by atoms with E-state index >= 15 is 0 Å². The Labute approximate surface area is 97.5 Å². The first-order chi connectivity index (χ1) is 7.47. The summed E-state index contributed by atoms with van der Waals surface area (Å²) >= 11 is 0. The van der Waals surface area contributed by atoms with E-state index in [1.807, 2.05) is 0 Å². The summed E-state index contributed by atoms with van der Waals surface area (Å²) in [5.74, 6) is 0. The first-order valence-corrected chi connectivity index (χ1v) is 6.02. The number of aliphatic hydroxyl groups is 1. The quantitative estimate of drug-likeness (QED) is 0.800. The number of rotatable bonds is 2. The van der Waals surface area contributed by atoms with Crippen LogP contribution >= 0.6 is 0 Å². The summed E-state index contributed by atoms with van der Waals surface area (Å²) in [6.07, 6.45) is 3.26. The third-order valence-corrected chi connectivity index (χ3v) is 3.44. The second-order valence-corrected chi connectivity index (χ2v) is 5.40. The smallest absolute Gasteiger partial charge is 0.0703 e. The van der Waals surface area contributed by atoms with Gasteiger partial charge in [0.15, 0.2) is 0 Å². The van der Waals surface area contributed by atoms with Crippen molar-refractivity contribution in [3.63, 3.8) is 0 Å². The molecule has 16 heavy (non-hydrogen) atoms. The van der Waals surface area contributed by atoms with Crippen LogP contribution in [0.5, 0.6) is 0 Å². The number of nitrogens with two attached hydrogens (primary N) is 1. The Morgan fingerprint density at radius 2 is 1.94 bits per heavy atom. The molecule has 3 N–H and O–H groups in total. The molecule has 1 aromatic rings. The molecule has 1 aliphatic carbocycles. The van der Waals surface area contributed by atoms with E-state index in [0.29, 0.717) is 0 Å². The molecule has 2 unspecified atom stereocenters. The summed E-state index contributed by atoms with van der Waals surface area (Å²) in [7, 11) is 0. The highest BCUT2D eigenvalue weighted by atomic mass is 16.3. The first kappa shape index (κ1) is 11.6. The number of hydrogen-bond acceptors (Lipinski definition) is 2. The molecule has 2 nitrogen and oxygen atoms in total. The highest BCUT2D eigenvalue weighted by molar-refractivity contribution is 5.29. The molecule has 1 saturated carbocycles. The molecule has 0 radical (unpaired) electrons. The van der Waals surface area contributed by atoms with Gasteiger partial charge in [-0.15, -0.1) is 0 Å². The second kappa shape index (κ2) is 4.19. The van der Waals surface area contributed by atoms with Crippen LogP contribution in [0.4, 0.5) is 0 Å². The van der Waals surface area contributed by atoms with Crippen LogP contribution in [0.3, 0.4) is 0 Å². The van der Waals surface area contributed by atoms with Gasteiger partial charge >= 0.3 is 0 Å².